The average Bonchev–Trinajstić information content (AvgIpc) is 2.94. The Hall–Kier alpha value is -3.01. The number of rotatable bonds is 8. The Labute approximate surface area is 164 Å². The van der Waals surface area contributed by atoms with Crippen LogP contribution >= 0.6 is 11.3 Å². The highest BCUT2D eigenvalue weighted by Gasteiger charge is 2.24. The summed E-state index contributed by atoms with van der Waals surface area (Å²) < 4.78 is 23.5. The van der Waals surface area contributed by atoms with Crippen LogP contribution in [0.4, 0.5) is 15.1 Å². The normalized spacial score (nSPS) is 10.4. The minimum atomic E-state index is -0.734. The Morgan fingerprint density at radius 1 is 1.32 bits per heavy atom. The van der Waals surface area contributed by atoms with Crippen molar-refractivity contribution in [2.75, 3.05) is 18.5 Å². The number of carbonyl (C=O) groups is 2. The molecule has 2 aromatic rings. The van der Waals surface area contributed by atoms with E-state index in [1.807, 2.05) is 13.8 Å². The van der Waals surface area contributed by atoms with E-state index in [2.05, 4.69) is 5.32 Å². The third-order valence-electron chi connectivity index (χ3n) is 3.77. The summed E-state index contributed by atoms with van der Waals surface area (Å²) in [7, 11) is 0. The van der Waals surface area contributed by atoms with Crippen molar-refractivity contribution < 1.29 is 28.4 Å². The van der Waals surface area contributed by atoms with Crippen LogP contribution in [0.1, 0.15) is 34.6 Å². The van der Waals surface area contributed by atoms with Crippen molar-refractivity contribution in [1.29, 1.82) is 0 Å². The quantitative estimate of drug-likeness (QED) is 0.402. The van der Waals surface area contributed by atoms with Crippen molar-refractivity contribution in [3.63, 3.8) is 0 Å². The molecule has 10 heteroatoms. The van der Waals surface area contributed by atoms with Crippen LogP contribution in [-0.2, 0) is 16.0 Å². The minimum absolute atomic E-state index is 0.191. The van der Waals surface area contributed by atoms with Gasteiger partial charge in [0.25, 0.3) is 5.91 Å². The first-order valence-corrected chi connectivity index (χ1v) is 9.26. The maximum absolute atomic E-state index is 13.3. The van der Waals surface area contributed by atoms with Gasteiger partial charge in [-0.2, -0.15) is 0 Å². The van der Waals surface area contributed by atoms with E-state index < -0.39 is 34.9 Å². The lowest BCUT2D eigenvalue weighted by atomic mass is 10.1. The zero-order chi connectivity index (χ0) is 20.8. The van der Waals surface area contributed by atoms with Crippen LogP contribution in [-0.4, -0.2) is 30.0 Å². The van der Waals surface area contributed by atoms with E-state index in [-0.39, 0.29) is 17.9 Å². The molecule has 0 radical (unpaired) electrons. The Bertz CT molecular complexity index is 912. The smallest absolute Gasteiger partial charge is 0.341 e. The number of hydrogen-bond acceptors (Lipinski definition) is 7. The van der Waals surface area contributed by atoms with E-state index in [1.54, 1.807) is 6.92 Å². The van der Waals surface area contributed by atoms with Crippen LogP contribution in [0.15, 0.2) is 18.2 Å². The molecule has 0 unspecified atom stereocenters. The molecule has 0 atom stereocenters. The third-order valence-corrected chi connectivity index (χ3v) is 4.84. The number of nitro benzene ring substituents is 1. The molecule has 28 heavy (non-hydrogen) atoms. The molecular weight excluding hydrogens is 391 g/mol. The van der Waals surface area contributed by atoms with Crippen LogP contribution in [0.25, 0.3) is 0 Å². The van der Waals surface area contributed by atoms with Crippen LogP contribution in [0.5, 0.6) is 5.75 Å². The van der Waals surface area contributed by atoms with E-state index in [1.165, 1.54) is 11.3 Å². The second-order valence-electron chi connectivity index (χ2n) is 5.62. The summed E-state index contributed by atoms with van der Waals surface area (Å²) >= 11 is 1.22. The highest BCUT2D eigenvalue weighted by atomic mass is 32.1. The predicted molar refractivity (Wildman–Crippen MR) is 102 cm³/mol. The lowest BCUT2D eigenvalue weighted by Crippen LogP contribution is -2.21. The van der Waals surface area contributed by atoms with Gasteiger partial charge in [0.1, 0.15) is 10.8 Å². The number of aryl methyl sites for hydroxylation is 1. The van der Waals surface area contributed by atoms with E-state index >= 15 is 0 Å². The van der Waals surface area contributed by atoms with Crippen molar-refractivity contribution >= 4 is 33.9 Å². The van der Waals surface area contributed by atoms with Gasteiger partial charge < -0.3 is 14.8 Å². The fraction of sp³-hybridized carbons (Fsp3) is 0.333. The number of esters is 1. The Kier molecular flexibility index (Phi) is 7.05. The van der Waals surface area contributed by atoms with Crippen molar-refractivity contribution in [3.05, 3.63) is 50.1 Å². The fourth-order valence-electron chi connectivity index (χ4n) is 2.57. The molecule has 1 aromatic carbocycles. The average molecular weight is 410 g/mol. The maximum Gasteiger partial charge on any atom is 0.341 e. The van der Waals surface area contributed by atoms with Gasteiger partial charge in [-0.05, 0) is 31.9 Å². The van der Waals surface area contributed by atoms with Crippen LogP contribution < -0.4 is 10.1 Å². The monoisotopic (exact) mass is 410 g/mol. The molecule has 1 N–H and O–H groups in total. The number of nitrogens with one attached hydrogen (secondary N) is 1. The van der Waals surface area contributed by atoms with Gasteiger partial charge >= 0.3 is 11.7 Å². The Balaban J connectivity index is 2.17. The van der Waals surface area contributed by atoms with E-state index in [0.717, 1.165) is 28.6 Å². The zero-order valence-corrected chi connectivity index (χ0v) is 16.4. The zero-order valence-electron chi connectivity index (χ0n) is 15.5. The molecule has 0 saturated heterocycles. The number of nitrogens with zero attached hydrogens (tertiary/aromatic N) is 1. The van der Waals surface area contributed by atoms with Gasteiger partial charge in [-0.15, -0.1) is 11.3 Å². The number of anilines is 1. The molecule has 1 heterocycles. The number of benzene rings is 1. The van der Waals surface area contributed by atoms with Crippen molar-refractivity contribution in [2.45, 2.75) is 27.2 Å². The summed E-state index contributed by atoms with van der Waals surface area (Å²) in [4.78, 5) is 35.6. The van der Waals surface area contributed by atoms with Gasteiger partial charge in [0.05, 0.1) is 17.1 Å². The molecule has 2 rings (SSSR count). The fourth-order valence-corrected chi connectivity index (χ4v) is 3.72. The first-order valence-electron chi connectivity index (χ1n) is 8.44. The SMILES string of the molecule is CCOC(=O)c1c(NC(=O)COc2cc(F)ccc2[N+](=O)[O-])sc(C)c1CC. The summed E-state index contributed by atoms with van der Waals surface area (Å²) in [6.45, 7) is 4.99. The van der Waals surface area contributed by atoms with Gasteiger partial charge in [-0.3, -0.25) is 14.9 Å². The molecule has 0 saturated carbocycles. The highest BCUT2D eigenvalue weighted by molar-refractivity contribution is 7.16. The van der Waals surface area contributed by atoms with Crippen LogP contribution in [0.2, 0.25) is 0 Å². The standard InChI is InChI=1S/C18H19FN2O6S/c1-4-12-10(3)28-17(16(12)18(23)26-5-2)20-15(22)9-27-14-8-11(19)6-7-13(14)21(24)25/h6-8H,4-5,9H2,1-3H3,(H,20,22). The van der Waals surface area contributed by atoms with Gasteiger partial charge in [0, 0.05) is 17.0 Å². The molecule has 0 aliphatic heterocycles. The minimum Gasteiger partial charge on any atom is -0.477 e. The first kappa shape index (κ1) is 21.3. The lowest BCUT2D eigenvalue weighted by molar-refractivity contribution is -0.385. The molecule has 0 bridgehead atoms. The second-order valence-corrected chi connectivity index (χ2v) is 6.85. The number of hydrogen-bond donors (Lipinski definition) is 1. The first-order chi connectivity index (χ1) is 13.3. The second kappa shape index (κ2) is 9.27. The molecule has 0 fully saturated rings. The summed E-state index contributed by atoms with van der Waals surface area (Å²) in [5.74, 6) is -2.27. The number of halogens is 1. The number of ether oxygens (including phenoxy) is 2. The summed E-state index contributed by atoms with van der Waals surface area (Å²) in [6.07, 6.45) is 0.582. The van der Waals surface area contributed by atoms with Gasteiger partial charge in [-0.25, -0.2) is 9.18 Å². The van der Waals surface area contributed by atoms with Gasteiger partial charge in [-0.1, -0.05) is 6.92 Å². The molecule has 0 aliphatic rings. The molecule has 0 aliphatic carbocycles. The highest BCUT2D eigenvalue weighted by Crippen LogP contribution is 2.34. The van der Waals surface area contributed by atoms with Gasteiger partial charge in [0.15, 0.2) is 6.61 Å². The summed E-state index contributed by atoms with van der Waals surface area (Å²) in [5, 5.41) is 13.9. The maximum atomic E-state index is 13.3. The van der Waals surface area contributed by atoms with E-state index in [4.69, 9.17) is 9.47 Å². The topological polar surface area (TPSA) is 108 Å². The van der Waals surface area contributed by atoms with Crippen LogP contribution in [0, 0.1) is 22.9 Å². The largest absolute Gasteiger partial charge is 0.477 e. The van der Waals surface area contributed by atoms with E-state index in [9.17, 15) is 24.1 Å². The Morgan fingerprint density at radius 2 is 2.04 bits per heavy atom. The van der Waals surface area contributed by atoms with Crippen molar-refractivity contribution in [2.24, 2.45) is 0 Å². The lowest BCUT2D eigenvalue weighted by Gasteiger charge is -2.09. The van der Waals surface area contributed by atoms with Crippen molar-refractivity contribution in [1.82, 2.24) is 0 Å². The van der Waals surface area contributed by atoms with Gasteiger partial charge in [0.2, 0.25) is 5.75 Å². The number of thiophene rings is 1. The number of amides is 1. The molecular formula is C18H19FN2O6S. The molecule has 150 valence electrons. The predicted octanol–water partition coefficient (Wildman–Crippen LogP) is 3.86. The molecule has 8 nitrogen and oxygen atoms in total. The summed E-state index contributed by atoms with van der Waals surface area (Å²) in [5.41, 5.74) is 0.610. The van der Waals surface area contributed by atoms with Crippen molar-refractivity contribution in [3.8, 4) is 5.75 Å². The number of nitro groups is 1. The summed E-state index contributed by atoms with van der Waals surface area (Å²) in [6, 6.07) is 2.72. The number of carbonyl (C=O) groups excluding carboxylic acids is 2. The molecule has 0 spiro atoms. The van der Waals surface area contributed by atoms with Crippen LogP contribution in [0.3, 0.4) is 0 Å². The Morgan fingerprint density at radius 3 is 2.64 bits per heavy atom. The molecule has 1 amide bonds. The third kappa shape index (κ3) is 4.83. The van der Waals surface area contributed by atoms with E-state index in [0.29, 0.717) is 11.4 Å². The molecule has 1 aromatic heterocycles.